The number of hydrogen-bond donors (Lipinski definition) is 1. The van der Waals surface area contributed by atoms with Gasteiger partial charge in [0.1, 0.15) is 29.0 Å². The van der Waals surface area contributed by atoms with Crippen molar-refractivity contribution in [1.29, 1.82) is 0 Å². The number of likely N-dealkylation sites (tertiary alicyclic amines) is 1. The number of hydrogen-bond acceptors (Lipinski definition) is 7. The van der Waals surface area contributed by atoms with Crippen molar-refractivity contribution in [1.82, 2.24) is 9.62 Å². The quantitative estimate of drug-likeness (QED) is 0.425. The normalized spacial score (nSPS) is 18.0. The molecular formula is C28H34ClFN2O7S. The van der Waals surface area contributed by atoms with Crippen LogP contribution in [0.4, 0.5) is 9.18 Å². The lowest BCUT2D eigenvalue weighted by atomic mass is 10.1. The molecule has 1 saturated carbocycles. The second kappa shape index (κ2) is 12.2. The standard InChI is InChI=1S/C28H34ClFN2O7S/c1-28(2,3)39-27(34)32-13-12-20(16-32)38-19-8-10-21(11-9-19)40(35,36)31-26(33)22-14-23(29)25(15-24(22)30)37-17-18-6-4-5-7-18/h8-11,14-15,18,20H,4-7,12-13,16-17H2,1-3H3,(H,31,33)/t20-/m1/s1. The summed E-state index contributed by atoms with van der Waals surface area (Å²) < 4.78 is 59.1. The van der Waals surface area contributed by atoms with Gasteiger partial charge in [-0.1, -0.05) is 24.4 Å². The van der Waals surface area contributed by atoms with Gasteiger partial charge < -0.3 is 19.1 Å². The fraction of sp³-hybridized carbons (Fsp3) is 0.500. The van der Waals surface area contributed by atoms with Crippen LogP contribution in [-0.2, 0) is 14.8 Å². The molecule has 4 rings (SSSR count). The van der Waals surface area contributed by atoms with E-state index in [-0.39, 0.29) is 21.8 Å². The lowest BCUT2D eigenvalue weighted by Gasteiger charge is -2.24. The van der Waals surface area contributed by atoms with Crippen LogP contribution in [0.2, 0.25) is 5.02 Å². The number of halogens is 2. The Labute approximate surface area is 239 Å². The molecule has 2 aliphatic rings. The molecule has 1 N–H and O–H groups in total. The summed E-state index contributed by atoms with van der Waals surface area (Å²) in [6.07, 6.45) is 4.24. The summed E-state index contributed by atoms with van der Waals surface area (Å²) in [4.78, 5) is 26.3. The van der Waals surface area contributed by atoms with Crippen molar-refractivity contribution in [2.45, 2.75) is 69.5 Å². The summed E-state index contributed by atoms with van der Waals surface area (Å²) in [7, 11) is -4.32. The van der Waals surface area contributed by atoms with Crippen LogP contribution in [0.15, 0.2) is 41.3 Å². The maximum Gasteiger partial charge on any atom is 0.410 e. The molecule has 0 aromatic heterocycles. The van der Waals surface area contributed by atoms with Crippen LogP contribution in [-0.4, -0.2) is 56.7 Å². The third-order valence-electron chi connectivity index (χ3n) is 6.68. The van der Waals surface area contributed by atoms with Crippen molar-refractivity contribution in [2.24, 2.45) is 5.92 Å². The van der Waals surface area contributed by atoms with Crippen LogP contribution in [0.3, 0.4) is 0 Å². The van der Waals surface area contributed by atoms with E-state index in [0.717, 1.165) is 37.8 Å². The predicted octanol–water partition coefficient (Wildman–Crippen LogP) is 5.56. The molecule has 0 bridgehead atoms. The van der Waals surface area contributed by atoms with Crippen LogP contribution in [0.5, 0.6) is 11.5 Å². The van der Waals surface area contributed by atoms with E-state index in [9.17, 15) is 22.4 Å². The Hall–Kier alpha value is -3.05. The van der Waals surface area contributed by atoms with Gasteiger partial charge in [0.05, 0.1) is 28.6 Å². The summed E-state index contributed by atoms with van der Waals surface area (Å²) in [5.74, 6) is -1.21. The molecule has 0 unspecified atom stereocenters. The van der Waals surface area contributed by atoms with Crippen molar-refractivity contribution >= 4 is 33.6 Å². The Bertz CT molecular complexity index is 1340. The number of nitrogens with zero attached hydrogens (tertiary/aromatic N) is 1. The summed E-state index contributed by atoms with van der Waals surface area (Å²) in [5.41, 5.74) is -1.12. The van der Waals surface area contributed by atoms with E-state index in [1.807, 2.05) is 4.72 Å². The zero-order chi connectivity index (χ0) is 29.1. The SMILES string of the molecule is CC(C)(C)OC(=O)N1CC[C@@H](Oc2ccc(S(=O)(=O)NC(=O)c3cc(Cl)c(OCC4CCCC4)cc3F)cc2)C1. The van der Waals surface area contributed by atoms with Gasteiger partial charge >= 0.3 is 6.09 Å². The molecule has 1 atom stereocenters. The maximum atomic E-state index is 14.7. The lowest BCUT2D eigenvalue weighted by molar-refractivity contribution is 0.0275. The second-order valence-electron chi connectivity index (χ2n) is 11.1. The molecule has 12 heteroatoms. The van der Waals surface area contributed by atoms with E-state index in [0.29, 0.717) is 37.8 Å². The van der Waals surface area contributed by atoms with Gasteiger partial charge in [-0.3, -0.25) is 4.79 Å². The first-order valence-corrected chi connectivity index (χ1v) is 15.1. The largest absolute Gasteiger partial charge is 0.492 e. The van der Waals surface area contributed by atoms with Crippen molar-refractivity contribution in [3.8, 4) is 11.5 Å². The first-order chi connectivity index (χ1) is 18.8. The minimum Gasteiger partial charge on any atom is -0.492 e. The molecule has 1 aliphatic carbocycles. The number of nitrogens with one attached hydrogen (secondary N) is 1. The van der Waals surface area contributed by atoms with Crippen molar-refractivity contribution in [3.05, 3.63) is 52.8 Å². The van der Waals surface area contributed by atoms with E-state index in [4.69, 9.17) is 25.8 Å². The van der Waals surface area contributed by atoms with Crippen molar-refractivity contribution in [3.63, 3.8) is 0 Å². The Kier molecular flexibility index (Phi) is 9.14. The predicted molar refractivity (Wildman–Crippen MR) is 147 cm³/mol. The molecule has 1 heterocycles. The molecule has 1 aliphatic heterocycles. The molecule has 2 aromatic carbocycles. The molecule has 0 spiro atoms. The number of carbonyl (C=O) groups is 2. The number of benzene rings is 2. The minimum absolute atomic E-state index is 0.0144. The van der Waals surface area contributed by atoms with E-state index >= 15 is 0 Å². The average molecular weight is 597 g/mol. The van der Waals surface area contributed by atoms with E-state index in [1.54, 1.807) is 25.7 Å². The highest BCUT2D eigenvalue weighted by Crippen LogP contribution is 2.31. The van der Waals surface area contributed by atoms with Gasteiger partial charge in [0.2, 0.25) is 0 Å². The minimum atomic E-state index is -4.32. The number of carbonyl (C=O) groups excluding carboxylic acids is 2. The lowest BCUT2D eigenvalue weighted by Crippen LogP contribution is -2.36. The summed E-state index contributed by atoms with van der Waals surface area (Å²) >= 11 is 6.20. The Balaban J connectivity index is 1.34. The van der Waals surface area contributed by atoms with Crippen LogP contribution < -0.4 is 14.2 Å². The highest BCUT2D eigenvalue weighted by molar-refractivity contribution is 7.90. The highest BCUT2D eigenvalue weighted by Gasteiger charge is 2.31. The van der Waals surface area contributed by atoms with E-state index in [1.165, 1.54) is 24.3 Å². The monoisotopic (exact) mass is 596 g/mol. The topological polar surface area (TPSA) is 111 Å². The zero-order valence-electron chi connectivity index (χ0n) is 22.7. The number of rotatable bonds is 8. The Morgan fingerprint density at radius 3 is 2.42 bits per heavy atom. The third kappa shape index (κ3) is 7.78. The van der Waals surface area contributed by atoms with Crippen molar-refractivity contribution in [2.75, 3.05) is 19.7 Å². The third-order valence-corrected chi connectivity index (χ3v) is 8.32. The smallest absolute Gasteiger partial charge is 0.410 e. The van der Waals surface area contributed by atoms with Gasteiger partial charge in [-0.2, -0.15) is 0 Å². The van der Waals surface area contributed by atoms with Gasteiger partial charge in [-0.25, -0.2) is 22.3 Å². The molecule has 218 valence electrons. The molecular weight excluding hydrogens is 563 g/mol. The second-order valence-corrected chi connectivity index (χ2v) is 13.2. The van der Waals surface area contributed by atoms with Crippen LogP contribution in [0.25, 0.3) is 0 Å². The molecule has 2 amide bonds. The molecule has 2 aromatic rings. The fourth-order valence-electron chi connectivity index (χ4n) is 4.64. The zero-order valence-corrected chi connectivity index (χ0v) is 24.3. The van der Waals surface area contributed by atoms with Gasteiger partial charge in [0.25, 0.3) is 15.9 Å². The fourth-order valence-corrected chi connectivity index (χ4v) is 5.82. The maximum absolute atomic E-state index is 14.7. The van der Waals surface area contributed by atoms with E-state index < -0.39 is 39.0 Å². The molecule has 9 nitrogen and oxygen atoms in total. The average Bonchev–Trinajstić information content (AvgIpc) is 3.56. The van der Waals surface area contributed by atoms with E-state index in [2.05, 4.69) is 0 Å². The number of ether oxygens (including phenoxy) is 3. The molecule has 1 saturated heterocycles. The Morgan fingerprint density at radius 1 is 1.10 bits per heavy atom. The van der Waals surface area contributed by atoms with Gasteiger partial charge in [-0.05, 0) is 69.9 Å². The highest BCUT2D eigenvalue weighted by atomic mass is 35.5. The van der Waals surface area contributed by atoms with Gasteiger partial charge in [0.15, 0.2) is 0 Å². The summed E-state index contributed by atoms with van der Waals surface area (Å²) in [6.45, 7) is 6.60. The molecule has 40 heavy (non-hydrogen) atoms. The van der Waals surface area contributed by atoms with Gasteiger partial charge in [0, 0.05) is 19.0 Å². The first kappa shape index (κ1) is 29.9. The summed E-state index contributed by atoms with van der Waals surface area (Å²) in [6, 6.07) is 7.50. The van der Waals surface area contributed by atoms with Crippen LogP contribution >= 0.6 is 11.6 Å². The number of sulfonamides is 1. The number of amides is 2. The van der Waals surface area contributed by atoms with Gasteiger partial charge in [-0.15, -0.1) is 0 Å². The Morgan fingerprint density at radius 2 is 1.77 bits per heavy atom. The molecule has 0 radical (unpaired) electrons. The summed E-state index contributed by atoms with van der Waals surface area (Å²) in [5, 5.41) is 0.0144. The van der Waals surface area contributed by atoms with Crippen molar-refractivity contribution < 1.29 is 36.6 Å². The van der Waals surface area contributed by atoms with Crippen LogP contribution in [0.1, 0.15) is 63.2 Å². The van der Waals surface area contributed by atoms with Crippen LogP contribution in [0, 0.1) is 11.7 Å². The first-order valence-electron chi connectivity index (χ1n) is 13.2. The molecule has 2 fully saturated rings.